The van der Waals surface area contributed by atoms with Gasteiger partial charge in [0, 0.05) is 31.5 Å². The molecule has 2 fully saturated rings. The van der Waals surface area contributed by atoms with Crippen molar-refractivity contribution in [1.82, 2.24) is 10.2 Å². The monoisotopic (exact) mass is 430 g/mol. The van der Waals surface area contributed by atoms with Crippen LogP contribution >= 0.6 is 0 Å². The molecule has 1 saturated heterocycles. The normalized spacial score (nSPS) is 21.6. The van der Waals surface area contributed by atoms with Gasteiger partial charge in [-0.3, -0.25) is 9.59 Å². The lowest BCUT2D eigenvalue weighted by molar-refractivity contribution is -0.139. The molecule has 4 rings (SSSR count). The first kappa shape index (κ1) is 21.4. The first-order valence-corrected chi connectivity index (χ1v) is 10.6. The van der Waals surface area contributed by atoms with Crippen molar-refractivity contribution < 1.29 is 22.8 Å². The molecule has 2 aromatic carbocycles. The molecular weight excluding hydrogens is 405 g/mol. The van der Waals surface area contributed by atoms with Gasteiger partial charge in [0.25, 0.3) is 0 Å². The first-order valence-electron chi connectivity index (χ1n) is 10.6. The van der Waals surface area contributed by atoms with Gasteiger partial charge in [-0.2, -0.15) is 13.2 Å². The first-order chi connectivity index (χ1) is 14.8. The van der Waals surface area contributed by atoms with Crippen molar-refractivity contribution in [2.75, 3.05) is 13.1 Å². The summed E-state index contributed by atoms with van der Waals surface area (Å²) in [4.78, 5) is 27.0. The smallest absolute Gasteiger partial charge is 0.352 e. The minimum Gasteiger partial charge on any atom is -0.352 e. The Morgan fingerprint density at radius 1 is 0.968 bits per heavy atom. The van der Waals surface area contributed by atoms with Gasteiger partial charge < -0.3 is 10.2 Å². The number of piperidine rings is 1. The molecule has 1 heterocycles. The zero-order valence-electron chi connectivity index (χ0n) is 17.1. The van der Waals surface area contributed by atoms with Gasteiger partial charge in [-0.1, -0.05) is 48.5 Å². The molecule has 0 spiro atoms. The van der Waals surface area contributed by atoms with Crippen molar-refractivity contribution in [2.45, 2.75) is 37.9 Å². The summed E-state index contributed by atoms with van der Waals surface area (Å²) in [7, 11) is 0. The molecule has 31 heavy (non-hydrogen) atoms. The zero-order valence-corrected chi connectivity index (χ0v) is 17.1. The number of amides is 2. The van der Waals surface area contributed by atoms with E-state index in [1.807, 2.05) is 30.3 Å². The minimum atomic E-state index is -4.42. The van der Waals surface area contributed by atoms with Crippen LogP contribution in [-0.4, -0.2) is 29.8 Å². The van der Waals surface area contributed by atoms with Crippen LogP contribution in [0.3, 0.4) is 0 Å². The fourth-order valence-electron chi connectivity index (χ4n) is 4.42. The third-order valence-corrected chi connectivity index (χ3v) is 6.26. The lowest BCUT2D eigenvalue weighted by Crippen LogP contribution is -2.43. The molecule has 7 heteroatoms. The summed E-state index contributed by atoms with van der Waals surface area (Å²) >= 11 is 0. The van der Waals surface area contributed by atoms with Crippen molar-refractivity contribution in [3.8, 4) is 0 Å². The number of rotatable bonds is 5. The molecule has 1 saturated carbocycles. The third-order valence-electron chi connectivity index (χ3n) is 6.26. The van der Waals surface area contributed by atoms with Crippen molar-refractivity contribution in [1.29, 1.82) is 0 Å². The average Bonchev–Trinajstić information content (AvgIpc) is 3.58. The number of nitrogens with zero attached hydrogens (tertiary/aromatic N) is 1. The number of carbonyl (C=O) groups is 2. The zero-order chi connectivity index (χ0) is 22.0. The highest BCUT2D eigenvalue weighted by Crippen LogP contribution is 2.51. The van der Waals surface area contributed by atoms with Crippen molar-refractivity contribution in [3.63, 3.8) is 0 Å². The predicted octanol–water partition coefficient (Wildman–Crippen LogP) is 4.36. The summed E-state index contributed by atoms with van der Waals surface area (Å²) in [6.45, 7) is 1.40. The van der Waals surface area contributed by atoms with E-state index >= 15 is 0 Å². The Morgan fingerprint density at radius 2 is 1.61 bits per heavy atom. The van der Waals surface area contributed by atoms with E-state index in [9.17, 15) is 22.8 Å². The maximum atomic E-state index is 13.3. The molecule has 2 unspecified atom stereocenters. The lowest BCUT2D eigenvalue weighted by atomic mass is 9.95. The van der Waals surface area contributed by atoms with Crippen LogP contribution < -0.4 is 5.32 Å². The summed E-state index contributed by atoms with van der Waals surface area (Å²) in [5.74, 6) is -1.03. The minimum absolute atomic E-state index is 0.0145. The van der Waals surface area contributed by atoms with E-state index < -0.39 is 17.7 Å². The molecule has 2 aliphatic rings. The van der Waals surface area contributed by atoms with E-state index in [4.69, 9.17) is 0 Å². The van der Waals surface area contributed by atoms with Crippen molar-refractivity contribution in [3.05, 3.63) is 71.3 Å². The van der Waals surface area contributed by atoms with Crippen LogP contribution in [0.5, 0.6) is 0 Å². The highest BCUT2D eigenvalue weighted by molar-refractivity contribution is 5.84. The summed E-state index contributed by atoms with van der Waals surface area (Å²) in [5.41, 5.74) is 0.593. The second kappa shape index (κ2) is 8.73. The second-order valence-electron chi connectivity index (χ2n) is 8.34. The van der Waals surface area contributed by atoms with Gasteiger partial charge in [0.15, 0.2) is 0 Å². The summed E-state index contributed by atoms with van der Waals surface area (Å²) < 4.78 is 39.8. The van der Waals surface area contributed by atoms with E-state index in [-0.39, 0.29) is 29.2 Å². The average molecular weight is 430 g/mol. The molecule has 1 aliphatic carbocycles. The third kappa shape index (κ3) is 4.92. The maximum Gasteiger partial charge on any atom is 0.416 e. The molecule has 0 bridgehead atoms. The Hall–Kier alpha value is -2.83. The van der Waals surface area contributed by atoms with Crippen molar-refractivity contribution >= 4 is 11.8 Å². The quantitative estimate of drug-likeness (QED) is 0.766. The highest BCUT2D eigenvalue weighted by Gasteiger charge is 2.49. The van der Waals surface area contributed by atoms with Crippen LogP contribution in [0.1, 0.15) is 41.9 Å². The predicted molar refractivity (Wildman–Crippen MR) is 110 cm³/mol. The highest BCUT2D eigenvalue weighted by atomic mass is 19.4. The summed E-state index contributed by atoms with van der Waals surface area (Å²) in [6, 6.07) is 15.2. The van der Waals surface area contributed by atoms with Gasteiger partial charge in [0.2, 0.25) is 11.8 Å². The molecular formula is C24H25F3N2O2. The van der Waals surface area contributed by atoms with Crippen LogP contribution in [-0.2, 0) is 22.3 Å². The number of benzene rings is 2. The Labute approximate surface area is 179 Å². The topological polar surface area (TPSA) is 49.4 Å². The number of hydrogen-bond donors (Lipinski definition) is 1. The molecule has 4 nitrogen and oxygen atoms in total. The van der Waals surface area contributed by atoms with Gasteiger partial charge in [0.05, 0.1) is 5.56 Å². The molecule has 2 aromatic rings. The standard InChI is InChI=1S/C24H25F3N2O2/c25-24(26,27)21-9-5-4-8-18(21)19-14-20(19)23(31)29-12-10-17(11-13-29)22(30)28-15-16-6-2-1-3-7-16/h1-9,17,19-20H,10-15H2,(H,28,30). The van der Waals surface area contributed by atoms with Crippen LogP contribution in [0.15, 0.2) is 54.6 Å². The molecule has 0 aromatic heterocycles. The lowest BCUT2D eigenvalue weighted by Gasteiger charge is -2.31. The number of carbonyl (C=O) groups excluding carboxylic acids is 2. The van der Waals surface area contributed by atoms with Crippen LogP contribution in [0, 0.1) is 11.8 Å². The molecule has 1 aliphatic heterocycles. The van der Waals surface area contributed by atoms with Gasteiger partial charge in [-0.15, -0.1) is 0 Å². The van der Waals surface area contributed by atoms with Gasteiger partial charge >= 0.3 is 6.18 Å². The van der Waals surface area contributed by atoms with E-state index in [2.05, 4.69) is 5.32 Å². The van der Waals surface area contributed by atoms with Crippen molar-refractivity contribution in [2.24, 2.45) is 11.8 Å². The Kier molecular flexibility index (Phi) is 6.03. The van der Waals surface area contributed by atoms with Gasteiger partial charge in [0.1, 0.15) is 0 Å². The molecule has 2 amide bonds. The van der Waals surface area contributed by atoms with E-state index in [1.54, 1.807) is 11.0 Å². The van der Waals surface area contributed by atoms with E-state index in [1.165, 1.54) is 12.1 Å². The molecule has 2 atom stereocenters. The molecule has 0 radical (unpaired) electrons. The fourth-order valence-corrected chi connectivity index (χ4v) is 4.42. The number of alkyl halides is 3. The Bertz CT molecular complexity index is 937. The van der Waals surface area contributed by atoms with E-state index in [0.29, 0.717) is 38.9 Å². The Morgan fingerprint density at radius 3 is 2.29 bits per heavy atom. The summed E-state index contributed by atoms with van der Waals surface area (Å²) in [6.07, 6.45) is -2.83. The number of likely N-dealkylation sites (tertiary alicyclic amines) is 1. The van der Waals surface area contributed by atoms with E-state index in [0.717, 1.165) is 11.6 Å². The molecule has 164 valence electrons. The van der Waals surface area contributed by atoms with Crippen LogP contribution in [0.2, 0.25) is 0 Å². The number of halogens is 3. The van der Waals surface area contributed by atoms with Crippen LogP contribution in [0.25, 0.3) is 0 Å². The maximum absolute atomic E-state index is 13.3. The Balaban J connectivity index is 1.28. The fraction of sp³-hybridized carbons (Fsp3) is 0.417. The largest absolute Gasteiger partial charge is 0.416 e. The number of nitrogens with one attached hydrogen (secondary N) is 1. The van der Waals surface area contributed by atoms with Gasteiger partial charge in [-0.25, -0.2) is 0 Å². The van der Waals surface area contributed by atoms with Gasteiger partial charge in [-0.05, 0) is 42.4 Å². The SMILES string of the molecule is O=C(NCc1ccccc1)C1CCN(C(=O)C2CC2c2ccccc2C(F)(F)F)CC1. The molecule has 1 N–H and O–H groups in total. The summed E-state index contributed by atoms with van der Waals surface area (Å²) in [5, 5.41) is 2.95. The van der Waals surface area contributed by atoms with Crippen LogP contribution in [0.4, 0.5) is 13.2 Å². The second-order valence-corrected chi connectivity index (χ2v) is 8.34. The number of hydrogen-bond acceptors (Lipinski definition) is 2.